The molecule has 0 aliphatic heterocycles. The molecule has 2 N–H and O–H groups in total. The summed E-state index contributed by atoms with van der Waals surface area (Å²) in [6.07, 6.45) is 0.150. The SMILES string of the molecule is Cc1ccccc1OCCC(=O)NNC(=O)CCl. The number of amides is 2. The van der Waals surface area contributed by atoms with Gasteiger partial charge in [0, 0.05) is 0 Å². The van der Waals surface area contributed by atoms with Crippen molar-refractivity contribution in [2.75, 3.05) is 12.5 Å². The van der Waals surface area contributed by atoms with Gasteiger partial charge in [-0.2, -0.15) is 0 Å². The zero-order valence-corrected chi connectivity index (χ0v) is 10.8. The molecule has 1 rings (SSSR count). The third-order valence-corrected chi connectivity index (χ3v) is 2.39. The Kier molecular flexibility index (Phi) is 6.00. The fraction of sp³-hybridized carbons (Fsp3) is 0.333. The first-order valence-corrected chi connectivity index (χ1v) is 5.99. The largest absolute Gasteiger partial charge is 0.493 e. The van der Waals surface area contributed by atoms with Crippen LogP contribution in [0.2, 0.25) is 0 Å². The van der Waals surface area contributed by atoms with Crippen molar-refractivity contribution in [1.82, 2.24) is 10.9 Å². The molecule has 0 bridgehead atoms. The Balaban J connectivity index is 2.24. The van der Waals surface area contributed by atoms with Crippen molar-refractivity contribution in [3.8, 4) is 5.75 Å². The Bertz CT molecular complexity index is 424. The molecule has 6 heteroatoms. The minimum atomic E-state index is -0.454. The number of ether oxygens (including phenoxy) is 1. The molecule has 2 amide bonds. The number of aryl methyl sites for hydroxylation is 1. The zero-order valence-electron chi connectivity index (χ0n) is 10.0. The Morgan fingerprint density at radius 2 is 1.89 bits per heavy atom. The van der Waals surface area contributed by atoms with E-state index in [1.165, 1.54) is 0 Å². The summed E-state index contributed by atoms with van der Waals surface area (Å²) in [5.74, 6) is -0.234. The number of benzene rings is 1. The molecule has 0 fully saturated rings. The molecule has 0 saturated carbocycles. The molecule has 0 saturated heterocycles. The summed E-state index contributed by atoms with van der Waals surface area (Å²) in [4.78, 5) is 22.1. The maximum atomic E-state index is 11.3. The van der Waals surface area contributed by atoms with Gasteiger partial charge in [0.05, 0.1) is 13.0 Å². The number of para-hydroxylation sites is 1. The van der Waals surface area contributed by atoms with E-state index in [0.29, 0.717) is 0 Å². The van der Waals surface area contributed by atoms with Crippen LogP contribution in [0.3, 0.4) is 0 Å². The summed E-state index contributed by atoms with van der Waals surface area (Å²) in [5.41, 5.74) is 5.41. The highest BCUT2D eigenvalue weighted by Gasteiger charge is 2.04. The molecule has 0 aliphatic carbocycles. The van der Waals surface area contributed by atoms with Crippen molar-refractivity contribution in [1.29, 1.82) is 0 Å². The molecule has 0 spiro atoms. The number of nitrogens with one attached hydrogen (secondary N) is 2. The molecular formula is C12H15ClN2O3. The second kappa shape index (κ2) is 7.55. The van der Waals surface area contributed by atoms with Crippen molar-refractivity contribution in [2.24, 2.45) is 0 Å². The quantitative estimate of drug-likeness (QED) is 0.623. The van der Waals surface area contributed by atoms with Gasteiger partial charge in [0.1, 0.15) is 11.6 Å². The minimum Gasteiger partial charge on any atom is -0.493 e. The van der Waals surface area contributed by atoms with Crippen LogP contribution in [0.25, 0.3) is 0 Å². The van der Waals surface area contributed by atoms with E-state index in [1.54, 1.807) is 0 Å². The van der Waals surface area contributed by atoms with E-state index in [4.69, 9.17) is 16.3 Å². The van der Waals surface area contributed by atoms with Crippen molar-refractivity contribution in [3.63, 3.8) is 0 Å². The van der Waals surface area contributed by atoms with Crippen molar-refractivity contribution < 1.29 is 14.3 Å². The predicted molar refractivity (Wildman–Crippen MR) is 68.3 cm³/mol. The highest BCUT2D eigenvalue weighted by Crippen LogP contribution is 2.15. The van der Waals surface area contributed by atoms with Gasteiger partial charge in [-0.05, 0) is 18.6 Å². The van der Waals surface area contributed by atoms with Gasteiger partial charge in [-0.1, -0.05) is 18.2 Å². The molecule has 0 heterocycles. The van der Waals surface area contributed by atoms with E-state index < -0.39 is 5.91 Å². The van der Waals surface area contributed by atoms with E-state index in [9.17, 15) is 9.59 Å². The lowest BCUT2D eigenvalue weighted by molar-refractivity contribution is -0.128. The third kappa shape index (κ3) is 5.05. The van der Waals surface area contributed by atoms with E-state index >= 15 is 0 Å². The van der Waals surface area contributed by atoms with E-state index in [1.807, 2.05) is 31.2 Å². The first-order chi connectivity index (χ1) is 8.63. The molecule has 1 aromatic rings. The summed E-state index contributed by atoms with van der Waals surface area (Å²) in [6.45, 7) is 2.17. The van der Waals surface area contributed by atoms with Crippen LogP contribution in [0.1, 0.15) is 12.0 Å². The molecule has 0 radical (unpaired) electrons. The summed E-state index contributed by atoms with van der Waals surface area (Å²) >= 11 is 5.25. The Hall–Kier alpha value is -1.75. The summed E-state index contributed by atoms with van der Waals surface area (Å²) in [6, 6.07) is 7.54. The number of carbonyl (C=O) groups excluding carboxylic acids is 2. The van der Waals surface area contributed by atoms with Gasteiger partial charge < -0.3 is 4.74 Å². The summed E-state index contributed by atoms with van der Waals surface area (Å²) < 4.78 is 5.44. The Labute approximate surface area is 110 Å². The average molecular weight is 271 g/mol. The third-order valence-electron chi connectivity index (χ3n) is 2.14. The molecule has 1 aromatic carbocycles. The lowest BCUT2D eigenvalue weighted by Crippen LogP contribution is -2.42. The fourth-order valence-electron chi connectivity index (χ4n) is 1.21. The maximum Gasteiger partial charge on any atom is 0.253 e. The second-order valence-corrected chi connectivity index (χ2v) is 3.86. The first kappa shape index (κ1) is 14.3. The first-order valence-electron chi connectivity index (χ1n) is 5.45. The van der Waals surface area contributed by atoms with Crippen LogP contribution in [0.4, 0.5) is 0 Å². The second-order valence-electron chi connectivity index (χ2n) is 3.59. The van der Waals surface area contributed by atoms with Gasteiger partial charge in [0.2, 0.25) is 5.91 Å². The molecule has 0 aliphatic rings. The van der Waals surface area contributed by atoms with Crippen LogP contribution in [-0.2, 0) is 9.59 Å². The van der Waals surface area contributed by atoms with Crippen molar-refractivity contribution in [2.45, 2.75) is 13.3 Å². The summed E-state index contributed by atoms with van der Waals surface area (Å²) in [5, 5.41) is 0. The van der Waals surface area contributed by atoms with Crippen LogP contribution in [0.5, 0.6) is 5.75 Å². The average Bonchev–Trinajstić information content (AvgIpc) is 2.38. The van der Waals surface area contributed by atoms with Crippen LogP contribution in [-0.4, -0.2) is 24.3 Å². The lowest BCUT2D eigenvalue weighted by atomic mass is 10.2. The van der Waals surface area contributed by atoms with Crippen molar-refractivity contribution >= 4 is 23.4 Å². The number of hydrogen-bond acceptors (Lipinski definition) is 3. The predicted octanol–water partition coefficient (Wildman–Crippen LogP) is 1.15. The van der Waals surface area contributed by atoms with Crippen LogP contribution in [0, 0.1) is 6.92 Å². The topological polar surface area (TPSA) is 67.4 Å². The van der Waals surface area contributed by atoms with Gasteiger partial charge in [-0.3, -0.25) is 20.4 Å². The smallest absolute Gasteiger partial charge is 0.253 e. The molecule has 0 atom stereocenters. The molecule has 0 unspecified atom stereocenters. The number of halogens is 1. The van der Waals surface area contributed by atoms with Crippen LogP contribution in [0.15, 0.2) is 24.3 Å². The number of alkyl halides is 1. The highest BCUT2D eigenvalue weighted by molar-refractivity contribution is 6.27. The number of rotatable bonds is 5. The Morgan fingerprint density at radius 3 is 2.56 bits per heavy atom. The maximum absolute atomic E-state index is 11.3. The van der Waals surface area contributed by atoms with E-state index in [-0.39, 0.29) is 24.8 Å². The van der Waals surface area contributed by atoms with Gasteiger partial charge in [-0.25, -0.2) is 0 Å². The number of hydrazine groups is 1. The van der Waals surface area contributed by atoms with E-state index in [0.717, 1.165) is 11.3 Å². The fourth-order valence-corrected chi connectivity index (χ4v) is 1.27. The highest BCUT2D eigenvalue weighted by atomic mass is 35.5. The van der Waals surface area contributed by atoms with Gasteiger partial charge in [-0.15, -0.1) is 11.6 Å². The minimum absolute atomic E-state index is 0.150. The molecule has 5 nitrogen and oxygen atoms in total. The van der Waals surface area contributed by atoms with Crippen LogP contribution >= 0.6 is 11.6 Å². The number of carbonyl (C=O) groups is 2. The van der Waals surface area contributed by atoms with Crippen molar-refractivity contribution in [3.05, 3.63) is 29.8 Å². The lowest BCUT2D eigenvalue weighted by Gasteiger charge is -2.09. The van der Waals surface area contributed by atoms with Gasteiger partial charge in [0.15, 0.2) is 0 Å². The molecular weight excluding hydrogens is 256 g/mol. The standard InChI is InChI=1S/C12H15ClN2O3/c1-9-4-2-3-5-10(9)18-7-6-11(16)14-15-12(17)8-13/h2-5H,6-8H2,1H3,(H,14,16)(H,15,17). The zero-order chi connectivity index (χ0) is 13.4. The molecule has 98 valence electrons. The van der Waals surface area contributed by atoms with Gasteiger partial charge >= 0.3 is 0 Å². The van der Waals surface area contributed by atoms with Crippen LogP contribution < -0.4 is 15.6 Å². The molecule has 18 heavy (non-hydrogen) atoms. The Morgan fingerprint density at radius 1 is 1.22 bits per heavy atom. The molecule has 0 aromatic heterocycles. The monoisotopic (exact) mass is 270 g/mol. The number of hydrogen-bond donors (Lipinski definition) is 2. The normalized spacial score (nSPS) is 9.67. The summed E-state index contributed by atoms with van der Waals surface area (Å²) in [7, 11) is 0. The van der Waals surface area contributed by atoms with Gasteiger partial charge in [0.25, 0.3) is 5.91 Å². The van der Waals surface area contributed by atoms with E-state index in [2.05, 4.69) is 10.9 Å².